The molecule has 0 saturated heterocycles. The first-order valence-corrected chi connectivity index (χ1v) is 5.32. The van der Waals surface area contributed by atoms with Gasteiger partial charge < -0.3 is 9.84 Å². The minimum atomic E-state index is -1.19. The summed E-state index contributed by atoms with van der Waals surface area (Å²) < 4.78 is 4.87. The summed E-state index contributed by atoms with van der Waals surface area (Å²) in [6, 6.07) is 7.06. The van der Waals surface area contributed by atoms with Gasteiger partial charge in [0.05, 0.1) is 0 Å². The maximum absolute atomic E-state index is 11.1. The van der Waals surface area contributed by atoms with Crippen LogP contribution >= 0.6 is 0 Å². The number of esters is 1. The van der Waals surface area contributed by atoms with Crippen LogP contribution in [0.5, 0.6) is 5.75 Å². The molecular weight excluding hydrogens is 220 g/mol. The Bertz CT molecular complexity index is 412. The van der Waals surface area contributed by atoms with Gasteiger partial charge in [0, 0.05) is 0 Å². The monoisotopic (exact) mass is 236 g/mol. The Labute approximate surface area is 100 Å². The van der Waals surface area contributed by atoms with Crippen LogP contribution in [0.2, 0.25) is 0 Å². The summed E-state index contributed by atoms with van der Waals surface area (Å²) in [6.45, 7) is 6.25. The number of aliphatic carboxylic acids is 1. The molecule has 0 fully saturated rings. The predicted molar refractivity (Wildman–Crippen MR) is 63.0 cm³/mol. The molecule has 0 heterocycles. The molecule has 0 bridgehead atoms. The molecule has 0 amide bonds. The number of carbonyl (C=O) groups is 2. The molecule has 1 rings (SSSR count). The molecule has 0 aliphatic heterocycles. The smallest absolute Gasteiger partial charge is 0.322 e. The van der Waals surface area contributed by atoms with Crippen LogP contribution in [-0.4, -0.2) is 17.0 Å². The summed E-state index contributed by atoms with van der Waals surface area (Å²) in [5.74, 6) is -1.59. The highest BCUT2D eigenvalue weighted by molar-refractivity contribution is 5.91. The molecule has 0 aliphatic carbocycles. The van der Waals surface area contributed by atoms with Gasteiger partial charge in [-0.2, -0.15) is 0 Å². The van der Waals surface area contributed by atoms with Gasteiger partial charge in [0.25, 0.3) is 0 Å². The average Bonchev–Trinajstić information content (AvgIpc) is 2.15. The summed E-state index contributed by atoms with van der Waals surface area (Å²) in [5, 5.41) is 8.41. The van der Waals surface area contributed by atoms with Crippen LogP contribution in [0.4, 0.5) is 0 Å². The highest BCUT2D eigenvalue weighted by atomic mass is 16.5. The second-order valence-corrected chi connectivity index (χ2v) is 4.82. The Balaban J connectivity index is 2.69. The molecular formula is C13H16O4. The summed E-state index contributed by atoms with van der Waals surface area (Å²) in [4.78, 5) is 21.4. The van der Waals surface area contributed by atoms with Crippen molar-refractivity contribution in [1.29, 1.82) is 0 Å². The van der Waals surface area contributed by atoms with Gasteiger partial charge in [0.2, 0.25) is 0 Å². The molecule has 1 N–H and O–H groups in total. The number of hydrogen-bond donors (Lipinski definition) is 1. The Kier molecular flexibility index (Phi) is 3.89. The van der Waals surface area contributed by atoms with E-state index >= 15 is 0 Å². The fourth-order valence-electron chi connectivity index (χ4n) is 1.31. The predicted octanol–water partition coefficient (Wildman–Crippen LogP) is 2.36. The first-order chi connectivity index (χ1) is 7.79. The molecule has 4 nitrogen and oxygen atoms in total. The molecule has 0 aliphatic rings. The Morgan fingerprint density at radius 2 is 1.71 bits per heavy atom. The third-order valence-electron chi connectivity index (χ3n) is 2.25. The highest BCUT2D eigenvalue weighted by Gasteiger charge is 2.14. The first kappa shape index (κ1) is 13.2. The second-order valence-electron chi connectivity index (χ2n) is 4.82. The van der Waals surface area contributed by atoms with E-state index in [1.807, 2.05) is 12.1 Å². The van der Waals surface area contributed by atoms with Gasteiger partial charge in [-0.3, -0.25) is 9.59 Å². The Morgan fingerprint density at radius 3 is 2.12 bits per heavy atom. The van der Waals surface area contributed by atoms with Gasteiger partial charge in [-0.15, -0.1) is 0 Å². The molecule has 4 heteroatoms. The highest BCUT2D eigenvalue weighted by Crippen LogP contribution is 2.24. The van der Waals surface area contributed by atoms with E-state index in [0.717, 1.165) is 5.56 Å². The summed E-state index contributed by atoms with van der Waals surface area (Å²) in [6.07, 6.45) is -0.624. The molecule has 1 aromatic carbocycles. The average molecular weight is 236 g/mol. The summed E-state index contributed by atoms with van der Waals surface area (Å²) >= 11 is 0. The number of hydrogen-bond acceptors (Lipinski definition) is 3. The fraction of sp³-hybridized carbons (Fsp3) is 0.385. The number of carbonyl (C=O) groups excluding carboxylic acids is 1. The SMILES string of the molecule is CC(C)(C)c1ccc(OC(=O)CC(=O)O)cc1. The maximum atomic E-state index is 11.1. The van der Waals surface area contributed by atoms with Crippen molar-refractivity contribution in [3.8, 4) is 5.75 Å². The van der Waals surface area contributed by atoms with Crippen molar-refractivity contribution in [2.24, 2.45) is 0 Å². The van der Waals surface area contributed by atoms with Crippen molar-refractivity contribution >= 4 is 11.9 Å². The van der Waals surface area contributed by atoms with Gasteiger partial charge >= 0.3 is 11.9 Å². The van der Waals surface area contributed by atoms with Crippen LogP contribution in [0.25, 0.3) is 0 Å². The molecule has 1 aromatic rings. The van der Waals surface area contributed by atoms with Crippen LogP contribution in [0.15, 0.2) is 24.3 Å². The van der Waals surface area contributed by atoms with E-state index < -0.39 is 18.4 Å². The van der Waals surface area contributed by atoms with Crippen LogP contribution in [0, 0.1) is 0 Å². The molecule has 92 valence electrons. The van der Waals surface area contributed by atoms with Crippen molar-refractivity contribution in [1.82, 2.24) is 0 Å². The largest absolute Gasteiger partial charge is 0.481 e. The molecule has 0 saturated carbocycles. The van der Waals surface area contributed by atoms with E-state index in [4.69, 9.17) is 9.84 Å². The third-order valence-corrected chi connectivity index (χ3v) is 2.25. The van der Waals surface area contributed by atoms with Crippen molar-refractivity contribution < 1.29 is 19.4 Å². The van der Waals surface area contributed by atoms with E-state index in [-0.39, 0.29) is 5.41 Å². The maximum Gasteiger partial charge on any atom is 0.322 e. The number of carboxylic acids is 1. The summed E-state index contributed by atoms with van der Waals surface area (Å²) in [7, 11) is 0. The van der Waals surface area contributed by atoms with Crippen molar-refractivity contribution in [2.75, 3.05) is 0 Å². The van der Waals surface area contributed by atoms with Crippen molar-refractivity contribution in [2.45, 2.75) is 32.6 Å². The van der Waals surface area contributed by atoms with Gasteiger partial charge in [-0.05, 0) is 23.1 Å². The number of benzene rings is 1. The topological polar surface area (TPSA) is 63.6 Å². The lowest BCUT2D eigenvalue weighted by molar-refractivity contribution is -0.145. The van der Waals surface area contributed by atoms with Gasteiger partial charge in [0.1, 0.15) is 12.2 Å². The molecule has 0 atom stereocenters. The summed E-state index contributed by atoms with van der Waals surface area (Å²) in [5.41, 5.74) is 1.15. The lowest BCUT2D eigenvalue weighted by Crippen LogP contribution is -2.14. The zero-order chi connectivity index (χ0) is 13.1. The molecule has 17 heavy (non-hydrogen) atoms. The van der Waals surface area contributed by atoms with Crippen molar-refractivity contribution in [3.63, 3.8) is 0 Å². The van der Waals surface area contributed by atoms with E-state index in [2.05, 4.69) is 20.8 Å². The fourth-order valence-corrected chi connectivity index (χ4v) is 1.31. The Hall–Kier alpha value is -1.84. The molecule has 0 unspecified atom stereocenters. The molecule has 0 aromatic heterocycles. The van der Waals surface area contributed by atoms with Gasteiger partial charge in [-0.1, -0.05) is 32.9 Å². The zero-order valence-electron chi connectivity index (χ0n) is 10.2. The normalized spacial score (nSPS) is 11.0. The van der Waals surface area contributed by atoms with Crippen molar-refractivity contribution in [3.05, 3.63) is 29.8 Å². The molecule has 0 radical (unpaired) electrons. The van der Waals surface area contributed by atoms with E-state index in [1.165, 1.54) is 0 Å². The number of ether oxygens (including phenoxy) is 1. The second kappa shape index (κ2) is 4.99. The minimum Gasteiger partial charge on any atom is -0.481 e. The minimum absolute atomic E-state index is 0.0314. The first-order valence-electron chi connectivity index (χ1n) is 5.32. The zero-order valence-corrected chi connectivity index (χ0v) is 10.2. The van der Waals surface area contributed by atoms with Crippen LogP contribution in [0.3, 0.4) is 0 Å². The van der Waals surface area contributed by atoms with Gasteiger partial charge in [0.15, 0.2) is 0 Å². The van der Waals surface area contributed by atoms with E-state index in [1.54, 1.807) is 12.1 Å². The van der Waals surface area contributed by atoms with Crippen LogP contribution in [0.1, 0.15) is 32.8 Å². The number of carboxylic acid groups (broad SMARTS) is 1. The van der Waals surface area contributed by atoms with Crippen LogP contribution < -0.4 is 4.74 Å². The lowest BCUT2D eigenvalue weighted by atomic mass is 9.87. The van der Waals surface area contributed by atoms with Gasteiger partial charge in [-0.25, -0.2) is 0 Å². The van der Waals surface area contributed by atoms with Crippen LogP contribution in [-0.2, 0) is 15.0 Å². The van der Waals surface area contributed by atoms with E-state index in [0.29, 0.717) is 5.75 Å². The standard InChI is InChI=1S/C13H16O4/c1-13(2,3)9-4-6-10(7-5-9)17-12(16)8-11(14)15/h4-7H,8H2,1-3H3,(H,14,15). The lowest BCUT2D eigenvalue weighted by Gasteiger charge is -2.18. The van der Waals surface area contributed by atoms with E-state index in [9.17, 15) is 9.59 Å². The number of rotatable bonds is 3. The third kappa shape index (κ3) is 4.26. The Morgan fingerprint density at radius 1 is 1.18 bits per heavy atom. The molecule has 0 spiro atoms. The quantitative estimate of drug-likeness (QED) is 0.497.